The maximum absolute atomic E-state index is 12.9. The quantitative estimate of drug-likeness (QED) is 0.887. The van der Waals surface area contributed by atoms with Crippen LogP contribution in [0.5, 0.6) is 0 Å². The molecule has 3 nitrogen and oxygen atoms in total. The Morgan fingerprint density at radius 1 is 1.15 bits per heavy atom. The van der Waals surface area contributed by atoms with Crippen molar-refractivity contribution < 1.29 is 13.2 Å². The molecule has 1 N–H and O–H groups in total. The van der Waals surface area contributed by atoms with Gasteiger partial charge in [0.05, 0.1) is 18.7 Å². The average molecular weight is 279 g/mol. The van der Waals surface area contributed by atoms with Crippen molar-refractivity contribution in [1.82, 2.24) is 5.32 Å². The number of aliphatic imine (C=N–C) groups is 2. The van der Waals surface area contributed by atoms with E-state index in [0.29, 0.717) is 31.0 Å². The number of benzene rings is 1. The third-order valence-corrected chi connectivity index (χ3v) is 3.26. The van der Waals surface area contributed by atoms with E-state index in [-0.39, 0.29) is 0 Å². The fourth-order valence-corrected chi connectivity index (χ4v) is 2.30. The molecule has 1 aromatic carbocycles. The third kappa shape index (κ3) is 2.33. The van der Waals surface area contributed by atoms with Crippen LogP contribution >= 0.6 is 0 Å². The summed E-state index contributed by atoms with van der Waals surface area (Å²) in [6.07, 6.45) is -0.866. The summed E-state index contributed by atoms with van der Waals surface area (Å²) in [6.45, 7) is 1.73. The highest BCUT2D eigenvalue weighted by Gasteiger charge is 2.32. The molecule has 0 spiro atoms. The van der Waals surface area contributed by atoms with E-state index in [1.807, 2.05) is 6.08 Å². The number of amidine groups is 1. The van der Waals surface area contributed by atoms with Crippen molar-refractivity contribution >= 4 is 17.6 Å². The number of nitrogens with zero attached hydrogens (tertiary/aromatic N) is 2. The highest BCUT2D eigenvalue weighted by Crippen LogP contribution is 2.32. The summed E-state index contributed by atoms with van der Waals surface area (Å²) in [4.78, 5) is 8.31. The smallest absolute Gasteiger partial charge is 0.368 e. The molecule has 0 unspecified atom stereocenters. The molecule has 3 rings (SSSR count). The Hall–Kier alpha value is -2.11. The monoisotopic (exact) mass is 279 g/mol. The van der Waals surface area contributed by atoms with Gasteiger partial charge in [-0.25, -0.2) is 0 Å². The van der Waals surface area contributed by atoms with E-state index < -0.39 is 11.7 Å². The van der Waals surface area contributed by atoms with E-state index in [2.05, 4.69) is 15.3 Å². The second-order valence-corrected chi connectivity index (χ2v) is 4.60. The van der Waals surface area contributed by atoms with E-state index in [4.69, 9.17) is 0 Å². The Kier molecular flexibility index (Phi) is 3.08. The van der Waals surface area contributed by atoms with Crippen LogP contribution in [-0.4, -0.2) is 31.7 Å². The van der Waals surface area contributed by atoms with Gasteiger partial charge in [0.2, 0.25) is 0 Å². The van der Waals surface area contributed by atoms with Gasteiger partial charge in [0.15, 0.2) is 0 Å². The lowest BCUT2D eigenvalue weighted by molar-refractivity contribution is -0.137. The fraction of sp³-hybridized carbons (Fsp3) is 0.286. The Morgan fingerprint density at radius 2 is 2.00 bits per heavy atom. The van der Waals surface area contributed by atoms with Gasteiger partial charge < -0.3 is 5.32 Å². The molecule has 20 heavy (non-hydrogen) atoms. The van der Waals surface area contributed by atoms with Crippen molar-refractivity contribution in [2.24, 2.45) is 9.98 Å². The Balaban J connectivity index is 2.10. The van der Waals surface area contributed by atoms with Crippen molar-refractivity contribution in [2.45, 2.75) is 6.18 Å². The molecule has 2 aliphatic heterocycles. The number of alkyl halides is 3. The highest BCUT2D eigenvalue weighted by atomic mass is 19.4. The summed E-state index contributed by atoms with van der Waals surface area (Å²) in [5.74, 6) is 0.527. The molecule has 2 aliphatic rings. The van der Waals surface area contributed by atoms with Crippen molar-refractivity contribution in [3.63, 3.8) is 0 Å². The van der Waals surface area contributed by atoms with E-state index in [1.54, 1.807) is 6.21 Å². The number of halogens is 3. The average Bonchev–Trinajstić information content (AvgIpc) is 3.10. The Bertz CT molecular complexity index is 627. The topological polar surface area (TPSA) is 36.8 Å². The van der Waals surface area contributed by atoms with Gasteiger partial charge in [-0.15, -0.1) is 0 Å². The number of hydrogen-bond acceptors (Lipinski definition) is 3. The first-order valence-electron chi connectivity index (χ1n) is 6.25. The molecular formula is C14H12F3N3. The summed E-state index contributed by atoms with van der Waals surface area (Å²) in [6, 6.07) is 3.76. The number of rotatable bonds is 2. The maximum Gasteiger partial charge on any atom is 0.416 e. The lowest BCUT2D eigenvalue weighted by Crippen LogP contribution is -2.22. The van der Waals surface area contributed by atoms with Gasteiger partial charge in [-0.3, -0.25) is 9.98 Å². The minimum absolute atomic E-state index is 0.492. The number of allylic oxidation sites excluding steroid dienone is 1. The lowest BCUT2D eigenvalue weighted by atomic mass is 9.96. The van der Waals surface area contributed by atoms with Gasteiger partial charge in [0.1, 0.15) is 5.84 Å². The highest BCUT2D eigenvalue weighted by molar-refractivity contribution is 6.05. The second kappa shape index (κ2) is 4.77. The molecule has 0 fully saturated rings. The Morgan fingerprint density at radius 3 is 2.60 bits per heavy atom. The largest absolute Gasteiger partial charge is 0.416 e. The minimum atomic E-state index is -4.35. The van der Waals surface area contributed by atoms with Gasteiger partial charge in [-0.1, -0.05) is 6.07 Å². The zero-order valence-electron chi connectivity index (χ0n) is 10.5. The molecular weight excluding hydrogens is 267 g/mol. The summed E-state index contributed by atoms with van der Waals surface area (Å²) in [5.41, 5.74) is 1.50. The fourth-order valence-electron chi connectivity index (χ4n) is 2.30. The predicted molar refractivity (Wildman–Crippen MR) is 72.2 cm³/mol. The summed E-state index contributed by atoms with van der Waals surface area (Å²) in [5, 5.41) is 3.03. The lowest BCUT2D eigenvalue weighted by Gasteiger charge is -2.14. The molecule has 0 aromatic heterocycles. The van der Waals surface area contributed by atoms with Crippen molar-refractivity contribution in [3.05, 3.63) is 41.0 Å². The van der Waals surface area contributed by atoms with Crippen LogP contribution in [0.3, 0.4) is 0 Å². The normalized spacial score (nSPS) is 17.9. The predicted octanol–water partition coefficient (Wildman–Crippen LogP) is 2.52. The molecule has 0 radical (unpaired) electrons. The van der Waals surface area contributed by atoms with Crippen molar-refractivity contribution in [2.75, 3.05) is 19.6 Å². The van der Waals surface area contributed by atoms with Crippen LogP contribution in [0.15, 0.2) is 34.3 Å². The molecule has 0 atom stereocenters. The van der Waals surface area contributed by atoms with Crippen molar-refractivity contribution in [3.8, 4) is 0 Å². The number of nitrogens with one attached hydrogen (secondary N) is 1. The molecule has 1 aromatic rings. The van der Waals surface area contributed by atoms with Crippen LogP contribution in [0.4, 0.5) is 13.2 Å². The zero-order valence-corrected chi connectivity index (χ0v) is 10.5. The Labute approximate surface area is 113 Å². The molecule has 2 heterocycles. The zero-order chi connectivity index (χ0) is 14.2. The van der Waals surface area contributed by atoms with Crippen LogP contribution in [0.25, 0.3) is 5.57 Å². The van der Waals surface area contributed by atoms with Crippen LogP contribution < -0.4 is 5.32 Å². The first kappa shape index (κ1) is 12.9. The second-order valence-electron chi connectivity index (χ2n) is 4.60. The summed E-state index contributed by atoms with van der Waals surface area (Å²) in [7, 11) is 0. The van der Waals surface area contributed by atoms with Crippen LogP contribution in [0.2, 0.25) is 0 Å². The van der Waals surface area contributed by atoms with Gasteiger partial charge in [-0.2, -0.15) is 13.2 Å². The molecule has 0 amide bonds. The van der Waals surface area contributed by atoms with Gasteiger partial charge in [0, 0.05) is 18.3 Å². The molecule has 0 saturated heterocycles. The first-order valence-corrected chi connectivity index (χ1v) is 6.25. The summed E-state index contributed by atoms with van der Waals surface area (Å²) >= 11 is 0. The molecule has 0 aliphatic carbocycles. The minimum Gasteiger partial charge on any atom is -0.368 e. The first-order chi connectivity index (χ1) is 9.55. The molecule has 0 bridgehead atoms. The van der Waals surface area contributed by atoms with E-state index in [9.17, 15) is 13.2 Å². The van der Waals surface area contributed by atoms with Gasteiger partial charge >= 0.3 is 6.18 Å². The number of hydrogen-bond donors (Lipinski definition) is 1. The van der Waals surface area contributed by atoms with E-state index in [0.717, 1.165) is 23.3 Å². The van der Waals surface area contributed by atoms with Gasteiger partial charge in [0.25, 0.3) is 0 Å². The summed E-state index contributed by atoms with van der Waals surface area (Å²) < 4.78 is 38.6. The maximum atomic E-state index is 12.9. The molecule has 6 heteroatoms. The van der Waals surface area contributed by atoms with Crippen LogP contribution in [0, 0.1) is 0 Å². The van der Waals surface area contributed by atoms with Crippen molar-refractivity contribution in [1.29, 1.82) is 0 Å². The molecule has 104 valence electrons. The van der Waals surface area contributed by atoms with E-state index in [1.165, 1.54) is 6.07 Å². The van der Waals surface area contributed by atoms with E-state index >= 15 is 0 Å². The SMILES string of the molecule is FC(F)(F)c1ccc(C2=CC=NC2)c(C2=NCCN2)c1. The van der Waals surface area contributed by atoms with Crippen LogP contribution in [-0.2, 0) is 6.18 Å². The van der Waals surface area contributed by atoms with Gasteiger partial charge in [-0.05, 0) is 29.3 Å². The molecule has 0 saturated carbocycles. The van der Waals surface area contributed by atoms with Crippen LogP contribution in [0.1, 0.15) is 16.7 Å². The third-order valence-electron chi connectivity index (χ3n) is 3.26. The standard InChI is InChI=1S/C14H12F3N3/c15-14(16,17)10-1-2-11(9-3-4-18-8-9)12(7-10)13-19-5-6-20-13/h1-4,7H,5-6,8H2,(H,19,20).